The maximum atomic E-state index is 6.10. The normalized spacial score (nSPS) is 12.1. The fourth-order valence-corrected chi connectivity index (χ4v) is 1.98. The molecule has 1 aromatic carbocycles. The van der Waals surface area contributed by atoms with Gasteiger partial charge in [-0.2, -0.15) is 0 Å². The second-order valence-electron chi connectivity index (χ2n) is 3.18. The third kappa shape index (κ3) is 3.43. The molecule has 80 valence electrons. The van der Waals surface area contributed by atoms with Gasteiger partial charge < -0.3 is 5.32 Å². The van der Waals surface area contributed by atoms with Crippen molar-refractivity contribution in [2.24, 2.45) is 0 Å². The summed E-state index contributed by atoms with van der Waals surface area (Å²) in [5, 5.41) is 4.58. The van der Waals surface area contributed by atoms with Crippen LogP contribution < -0.4 is 5.32 Å². The van der Waals surface area contributed by atoms with E-state index >= 15 is 0 Å². The molecule has 1 aromatic rings. The molecule has 1 nitrogen and oxygen atoms in total. The molecule has 0 spiro atoms. The molecule has 15 heavy (non-hydrogen) atoms. The first-order valence-electron chi connectivity index (χ1n) is 4.80. The maximum Gasteiger partial charge on any atom is 0.0468 e. The van der Waals surface area contributed by atoms with Crippen molar-refractivity contribution >= 4 is 23.2 Å². The number of halogens is 2. The molecule has 0 heterocycles. The highest BCUT2D eigenvalue weighted by Gasteiger charge is 2.12. The fourth-order valence-electron chi connectivity index (χ4n) is 1.44. The Labute approximate surface area is 101 Å². The van der Waals surface area contributed by atoms with Crippen molar-refractivity contribution in [1.82, 2.24) is 5.32 Å². The summed E-state index contributed by atoms with van der Waals surface area (Å²) in [6, 6.07) is 5.57. The Morgan fingerprint density at radius 1 is 1.47 bits per heavy atom. The third-order valence-electron chi connectivity index (χ3n) is 2.11. The Hall–Kier alpha value is -0.680. The minimum atomic E-state index is 0.102. The number of terminal acetylenes is 1. The summed E-state index contributed by atoms with van der Waals surface area (Å²) in [6.07, 6.45) is 5.94. The van der Waals surface area contributed by atoms with Crippen LogP contribution in [0, 0.1) is 12.3 Å². The van der Waals surface area contributed by atoms with Crippen molar-refractivity contribution in [3.05, 3.63) is 33.8 Å². The summed E-state index contributed by atoms with van der Waals surface area (Å²) in [6.45, 7) is 2.89. The number of nitrogens with one attached hydrogen (secondary N) is 1. The summed E-state index contributed by atoms with van der Waals surface area (Å²) in [5.74, 6) is 2.64. The topological polar surface area (TPSA) is 12.0 Å². The highest BCUT2D eigenvalue weighted by molar-refractivity contribution is 6.35. The van der Waals surface area contributed by atoms with Crippen molar-refractivity contribution in [2.45, 2.75) is 19.4 Å². The SMILES string of the molecule is C#CCC(NCC)c1ccc(Cl)cc1Cl. The standard InChI is InChI=1S/C12H13Cl2N/c1-3-5-12(15-4-2)10-7-6-9(13)8-11(10)14/h1,6-8,12,15H,4-5H2,2H3. The van der Waals surface area contributed by atoms with Crippen LogP contribution in [0.3, 0.4) is 0 Å². The van der Waals surface area contributed by atoms with Gasteiger partial charge in [-0.05, 0) is 24.2 Å². The van der Waals surface area contributed by atoms with Crippen LogP contribution in [0.4, 0.5) is 0 Å². The molecule has 1 atom stereocenters. The molecule has 0 aliphatic rings. The van der Waals surface area contributed by atoms with Gasteiger partial charge in [0.2, 0.25) is 0 Å². The molecule has 0 fully saturated rings. The van der Waals surface area contributed by atoms with Crippen molar-refractivity contribution < 1.29 is 0 Å². The lowest BCUT2D eigenvalue weighted by atomic mass is 10.0. The largest absolute Gasteiger partial charge is 0.309 e. The van der Waals surface area contributed by atoms with Crippen LogP contribution in [-0.2, 0) is 0 Å². The van der Waals surface area contributed by atoms with Gasteiger partial charge in [0.1, 0.15) is 0 Å². The number of hydrogen-bond donors (Lipinski definition) is 1. The molecule has 0 amide bonds. The molecule has 0 radical (unpaired) electrons. The molecule has 1 N–H and O–H groups in total. The van der Waals surface area contributed by atoms with Crippen LogP contribution in [0.5, 0.6) is 0 Å². The summed E-state index contributed by atoms with van der Waals surface area (Å²) in [7, 11) is 0. The van der Waals surface area contributed by atoms with Crippen LogP contribution >= 0.6 is 23.2 Å². The highest BCUT2D eigenvalue weighted by Crippen LogP contribution is 2.27. The third-order valence-corrected chi connectivity index (χ3v) is 2.67. The average molecular weight is 242 g/mol. The van der Waals surface area contributed by atoms with Crippen molar-refractivity contribution in [3.8, 4) is 12.3 Å². The minimum Gasteiger partial charge on any atom is -0.309 e. The first kappa shape index (κ1) is 12.4. The average Bonchev–Trinajstić information content (AvgIpc) is 2.17. The van der Waals surface area contributed by atoms with Crippen LogP contribution in [0.2, 0.25) is 10.0 Å². The van der Waals surface area contributed by atoms with Gasteiger partial charge in [0, 0.05) is 22.5 Å². The zero-order valence-corrected chi connectivity index (χ0v) is 10.1. The first-order valence-corrected chi connectivity index (χ1v) is 5.56. The Bertz CT molecular complexity index is 368. The predicted octanol–water partition coefficient (Wildman–Crippen LogP) is 3.67. The van der Waals surface area contributed by atoms with E-state index in [1.54, 1.807) is 6.07 Å². The van der Waals surface area contributed by atoms with Crippen LogP contribution in [0.25, 0.3) is 0 Å². The number of hydrogen-bond acceptors (Lipinski definition) is 1. The highest BCUT2D eigenvalue weighted by atomic mass is 35.5. The number of rotatable bonds is 4. The monoisotopic (exact) mass is 241 g/mol. The fraction of sp³-hybridized carbons (Fsp3) is 0.333. The Balaban J connectivity index is 2.95. The van der Waals surface area contributed by atoms with E-state index in [9.17, 15) is 0 Å². The van der Waals surface area contributed by atoms with Gasteiger partial charge in [0.15, 0.2) is 0 Å². The van der Waals surface area contributed by atoms with Gasteiger partial charge in [-0.3, -0.25) is 0 Å². The molecule has 0 saturated heterocycles. The van der Waals surface area contributed by atoms with E-state index in [-0.39, 0.29) is 6.04 Å². The molecule has 3 heteroatoms. The van der Waals surface area contributed by atoms with Crippen LogP contribution in [0.15, 0.2) is 18.2 Å². The molecule has 0 bridgehead atoms. The van der Waals surface area contributed by atoms with E-state index in [4.69, 9.17) is 29.6 Å². The van der Waals surface area contributed by atoms with Gasteiger partial charge in [-0.1, -0.05) is 36.2 Å². The molecule has 0 aromatic heterocycles. The number of benzene rings is 1. The van der Waals surface area contributed by atoms with E-state index in [0.717, 1.165) is 12.1 Å². The van der Waals surface area contributed by atoms with E-state index in [1.807, 2.05) is 19.1 Å². The molecule has 0 aliphatic heterocycles. The van der Waals surface area contributed by atoms with E-state index in [1.165, 1.54) is 0 Å². The summed E-state index contributed by atoms with van der Waals surface area (Å²) in [4.78, 5) is 0. The lowest BCUT2D eigenvalue weighted by molar-refractivity contribution is 0.565. The van der Waals surface area contributed by atoms with Crippen molar-refractivity contribution in [3.63, 3.8) is 0 Å². The Kier molecular flexibility index (Phi) is 4.98. The molecular formula is C12H13Cl2N. The van der Waals surface area contributed by atoms with Crippen molar-refractivity contribution in [2.75, 3.05) is 6.54 Å². The maximum absolute atomic E-state index is 6.10. The first-order chi connectivity index (χ1) is 7.19. The lowest BCUT2D eigenvalue weighted by Crippen LogP contribution is -2.20. The van der Waals surface area contributed by atoms with E-state index < -0.39 is 0 Å². The van der Waals surface area contributed by atoms with Crippen LogP contribution in [0.1, 0.15) is 24.9 Å². The molecule has 0 aliphatic carbocycles. The van der Waals surface area contributed by atoms with Gasteiger partial charge in [0.25, 0.3) is 0 Å². The van der Waals surface area contributed by atoms with Gasteiger partial charge >= 0.3 is 0 Å². The second-order valence-corrected chi connectivity index (χ2v) is 4.03. The Morgan fingerprint density at radius 2 is 2.20 bits per heavy atom. The van der Waals surface area contributed by atoms with Crippen LogP contribution in [-0.4, -0.2) is 6.54 Å². The van der Waals surface area contributed by atoms with Gasteiger partial charge in [0.05, 0.1) is 0 Å². The summed E-state index contributed by atoms with van der Waals surface area (Å²) >= 11 is 11.9. The molecule has 1 rings (SSSR count). The lowest BCUT2D eigenvalue weighted by Gasteiger charge is -2.17. The van der Waals surface area contributed by atoms with Gasteiger partial charge in [-0.15, -0.1) is 12.3 Å². The van der Waals surface area contributed by atoms with E-state index in [2.05, 4.69) is 11.2 Å². The second kappa shape index (κ2) is 6.02. The summed E-state index contributed by atoms with van der Waals surface area (Å²) in [5.41, 5.74) is 1.00. The van der Waals surface area contributed by atoms with Crippen molar-refractivity contribution in [1.29, 1.82) is 0 Å². The quantitative estimate of drug-likeness (QED) is 0.794. The predicted molar refractivity (Wildman–Crippen MR) is 66.3 cm³/mol. The summed E-state index contributed by atoms with van der Waals surface area (Å²) < 4.78 is 0. The smallest absolute Gasteiger partial charge is 0.0468 e. The zero-order valence-electron chi connectivity index (χ0n) is 8.56. The Morgan fingerprint density at radius 3 is 2.73 bits per heavy atom. The molecular weight excluding hydrogens is 229 g/mol. The van der Waals surface area contributed by atoms with Gasteiger partial charge in [-0.25, -0.2) is 0 Å². The molecule has 0 saturated carbocycles. The van der Waals surface area contributed by atoms with E-state index in [0.29, 0.717) is 16.5 Å². The zero-order chi connectivity index (χ0) is 11.3. The molecule has 1 unspecified atom stereocenters. The minimum absolute atomic E-state index is 0.102.